The number of nitrogens with zero attached hydrogens (tertiary/aromatic N) is 1. The van der Waals surface area contributed by atoms with Crippen LogP contribution in [0.15, 0.2) is 24.3 Å². The number of unbranched alkanes of at least 4 members (excludes halogenated alkanes) is 1. The lowest BCUT2D eigenvalue weighted by Gasteiger charge is -2.46. The summed E-state index contributed by atoms with van der Waals surface area (Å²) in [5, 5.41) is 20.7. The number of carboxylic acid groups (broad SMARTS) is 1. The van der Waals surface area contributed by atoms with Crippen LogP contribution in [0, 0.1) is 5.41 Å². The molecule has 0 aromatic heterocycles. The molecule has 4 atom stereocenters. The van der Waals surface area contributed by atoms with Crippen molar-refractivity contribution in [1.82, 2.24) is 4.90 Å². The molecule has 2 heterocycles. The second-order valence-corrected chi connectivity index (χ2v) is 7.47. The van der Waals surface area contributed by atoms with Gasteiger partial charge in [-0.05, 0) is 44.7 Å². The molecule has 2 N–H and O–H groups in total. The first-order valence-corrected chi connectivity index (χ1v) is 9.20. The Balaban J connectivity index is 1.95. The summed E-state index contributed by atoms with van der Waals surface area (Å²) in [6, 6.07) is 6.93. The van der Waals surface area contributed by atoms with Crippen LogP contribution in [0.3, 0.4) is 0 Å². The minimum absolute atomic E-state index is 0.164. The van der Waals surface area contributed by atoms with Crippen molar-refractivity contribution >= 4 is 11.8 Å². The van der Waals surface area contributed by atoms with Crippen molar-refractivity contribution in [3.05, 3.63) is 35.4 Å². The number of aliphatic hydroxyl groups excluding tert-OH is 1. The maximum absolute atomic E-state index is 13.3. The van der Waals surface area contributed by atoms with Crippen LogP contribution in [0.5, 0.6) is 0 Å². The summed E-state index contributed by atoms with van der Waals surface area (Å²) in [7, 11) is 1.87. The normalized spacial score (nSPS) is 31.9. The monoisotopic (exact) mass is 345 g/mol. The highest BCUT2D eigenvalue weighted by atomic mass is 16.4. The van der Waals surface area contributed by atoms with E-state index in [1.54, 1.807) is 12.1 Å². The summed E-state index contributed by atoms with van der Waals surface area (Å²) < 4.78 is 0. The molecule has 0 radical (unpaired) electrons. The molecule has 0 spiro atoms. The van der Waals surface area contributed by atoms with Gasteiger partial charge in [-0.1, -0.05) is 37.6 Å². The molecule has 136 valence electrons. The van der Waals surface area contributed by atoms with Gasteiger partial charge in [0.15, 0.2) is 11.2 Å². The molecule has 2 aliphatic rings. The Morgan fingerprint density at radius 2 is 1.92 bits per heavy atom. The Bertz CT molecular complexity index is 656. The number of aliphatic carboxylic acids is 1. The molecule has 0 amide bonds. The topological polar surface area (TPSA) is 77.8 Å². The fourth-order valence-electron chi connectivity index (χ4n) is 4.64. The van der Waals surface area contributed by atoms with E-state index in [1.165, 1.54) is 0 Å². The van der Waals surface area contributed by atoms with E-state index in [-0.39, 0.29) is 6.04 Å². The SMILES string of the molecule is CCCCc1ccc(C(=O)[C@]2(C(=O)O)[C@@H](O)C[C@@H]3CC[C@H]2N3C)cc1. The smallest absolute Gasteiger partial charge is 0.321 e. The first-order valence-electron chi connectivity index (χ1n) is 9.20. The van der Waals surface area contributed by atoms with Gasteiger partial charge in [0.2, 0.25) is 0 Å². The molecular formula is C20H27NO4. The lowest BCUT2D eigenvalue weighted by molar-refractivity contribution is -0.161. The van der Waals surface area contributed by atoms with Crippen LogP contribution in [0.4, 0.5) is 0 Å². The minimum atomic E-state index is -1.77. The largest absolute Gasteiger partial charge is 0.480 e. The Kier molecular flexibility index (Phi) is 4.98. The van der Waals surface area contributed by atoms with Gasteiger partial charge in [0.1, 0.15) is 0 Å². The van der Waals surface area contributed by atoms with Crippen molar-refractivity contribution in [2.45, 2.75) is 63.6 Å². The van der Waals surface area contributed by atoms with E-state index in [0.29, 0.717) is 18.4 Å². The Labute approximate surface area is 148 Å². The molecule has 5 nitrogen and oxygen atoms in total. The number of Topliss-reactive ketones (excluding diaryl/α,β-unsaturated/α-hetero) is 1. The molecule has 0 aliphatic carbocycles. The number of hydrogen-bond donors (Lipinski definition) is 2. The first-order chi connectivity index (χ1) is 11.9. The maximum Gasteiger partial charge on any atom is 0.321 e. The summed E-state index contributed by atoms with van der Waals surface area (Å²) >= 11 is 0. The van der Waals surface area contributed by atoms with Gasteiger partial charge in [-0.2, -0.15) is 0 Å². The Hall–Kier alpha value is -1.72. The van der Waals surface area contributed by atoms with Gasteiger partial charge in [-0.15, -0.1) is 0 Å². The zero-order chi connectivity index (χ0) is 18.2. The van der Waals surface area contributed by atoms with Crippen LogP contribution in [-0.2, 0) is 11.2 Å². The Morgan fingerprint density at radius 3 is 2.52 bits per heavy atom. The summed E-state index contributed by atoms with van der Waals surface area (Å²) in [5.74, 6) is -1.68. The molecule has 25 heavy (non-hydrogen) atoms. The number of ketones is 1. The molecule has 2 aliphatic heterocycles. The maximum atomic E-state index is 13.3. The van der Waals surface area contributed by atoms with E-state index in [1.807, 2.05) is 24.1 Å². The van der Waals surface area contributed by atoms with Crippen LogP contribution in [-0.4, -0.2) is 52.1 Å². The van der Waals surface area contributed by atoms with E-state index >= 15 is 0 Å². The first kappa shape index (κ1) is 18.1. The van der Waals surface area contributed by atoms with Crippen LogP contribution in [0.25, 0.3) is 0 Å². The lowest BCUT2D eigenvalue weighted by atomic mass is 9.67. The van der Waals surface area contributed by atoms with E-state index < -0.39 is 29.3 Å². The van der Waals surface area contributed by atoms with Gasteiger partial charge in [0.05, 0.1) is 6.10 Å². The number of piperidine rings is 1. The van der Waals surface area contributed by atoms with E-state index in [2.05, 4.69) is 6.92 Å². The van der Waals surface area contributed by atoms with Gasteiger partial charge in [0, 0.05) is 17.6 Å². The second-order valence-electron chi connectivity index (χ2n) is 7.47. The van der Waals surface area contributed by atoms with Crippen molar-refractivity contribution in [3.63, 3.8) is 0 Å². The predicted molar refractivity (Wildman–Crippen MR) is 94.7 cm³/mol. The number of fused-ring (bicyclic) bond motifs is 2. The van der Waals surface area contributed by atoms with Gasteiger partial charge < -0.3 is 10.2 Å². The predicted octanol–water partition coefficient (Wildman–Crippen LogP) is 2.51. The van der Waals surface area contributed by atoms with Crippen molar-refractivity contribution in [1.29, 1.82) is 0 Å². The number of carboxylic acids is 1. The zero-order valence-corrected chi connectivity index (χ0v) is 14.9. The molecular weight excluding hydrogens is 318 g/mol. The summed E-state index contributed by atoms with van der Waals surface area (Å²) in [6.07, 6.45) is 3.78. The number of aliphatic hydroxyl groups is 1. The number of rotatable bonds is 6. The van der Waals surface area contributed by atoms with E-state index in [9.17, 15) is 19.8 Å². The fourth-order valence-corrected chi connectivity index (χ4v) is 4.64. The van der Waals surface area contributed by atoms with Crippen LogP contribution < -0.4 is 0 Å². The molecule has 2 saturated heterocycles. The van der Waals surface area contributed by atoms with Gasteiger partial charge >= 0.3 is 5.97 Å². The van der Waals surface area contributed by atoms with Crippen molar-refractivity contribution in [2.24, 2.45) is 5.41 Å². The second kappa shape index (κ2) is 6.89. The molecule has 1 aromatic rings. The number of aryl methyl sites for hydroxylation is 1. The third kappa shape index (κ3) is 2.79. The lowest BCUT2D eigenvalue weighted by Crippen LogP contribution is -2.64. The van der Waals surface area contributed by atoms with Crippen LogP contribution >= 0.6 is 0 Å². The van der Waals surface area contributed by atoms with Crippen molar-refractivity contribution in [2.75, 3.05) is 7.05 Å². The highest BCUT2D eigenvalue weighted by molar-refractivity contribution is 6.13. The standard InChI is InChI=1S/C20H27NO4/c1-3-4-5-13-6-8-14(9-7-13)18(23)20(19(24)25)16-11-10-15(21(16)2)12-17(20)22/h6-9,15-17,22H,3-5,10-12H2,1-2H3,(H,24,25)/t15-,16+,17-,20+/m0/s1. The van der Waals surface area contributed by atoms with E-state index in [0.717, 1.165) is 31.2 Å². The molecule has 0 saturated carbocycles. The summed E-state index contributed by atoms with van der Waals surface area (Å²) in [4.78, 5) is 27.5. The van der Waals surface area contributed by atoms with Crippen LogP contribution in [0.1, 0.15) is 54.9 Å². The molecule has 0 unspecified atom stereocenters. The Morgan fingerprint density at radius 1 is 1.24 bits per heavy atom. The average Bonchev–Trinajstić information content (AvgIpc) is 2.86. The average molecular weight is 345 g/mol. The molecule has 2 bridgehead atoms. The highest BCUT2D eigenvalue weighted by Crippen LogP contribution is 2.48. The van der Waals surface area contributed by atoms with Crippen LogP contribution in [0.2, 0.25) is 0 Å². The summed E-state index contributed by atoms with van der Waals surface area (Å²) in [5.41, 5.74) is -0.252. The number of carbonyl (C=O) groups excluding carboxylic acids is 1. The summed E-state index contributed by atoms with van der Waals surface area (Å²) in [6.45, 7) is 2.13. The third-order valence-corrected chi connectivity index (χ3v) is 6.15. The third-order valence-electron chi connectivity index (χ3n) is 6.15. The molecule has 5 heteroatoms. The van der Waals surface area contributed by atoms with Crippen molar-refractivity contribution < 1.29 is 19.8 Å². The van der Waals surface area contributed by atoms with Gasteiger partial charge in [-0.25, -0.2) is 0 Å². The molecule has 1 aromatic carbocycles. The quantitative estimate of drug-likeness (QED) is 0.612. The fraction of sp³-hybridized carbons (Fsp3) is 0.600. The number of benzene rings is 1. The highest BCUT2D eigenvalue weighted by Gasteiger charge is 2.64. The number of carbonyl (C=O) groups is 2. The van der Waals surface area contributed by atoms with E-state index in [4.69, 9.17) is 0 Å². The van der Waals surface area contributed by atoms with Gasteiger partial charge in [0.25, 0.3) is 0 Å². The van der Waals surface area contributed by atoms with Gasteiger partial charge in [-0.3, -0.25) is 14.5 Å². The molecule has 2 fully saturated rings. The number of hydrogen-bond acceptors (Lipinski definition) is 4. The zero-order valence-electron chi connectivity index (χ0n) is 14.9. The minimum Gasteiger partial charge on any atom is -0.480 e. The molecule has 3 rings (SSSR count). The van der Waals surface area contributed by atoms with Crippen molar-refractivity contribution in [3.8, 4) is 0 Å².